The van der Waals surface area contributed by atoms with E-state index in [4.69, 9.17) is 4.74 Å². The van der Waals surface area contributed by atoms with Gasteiger partial charge in [-0.3, -0.25) is 0 Å². The van der Waals surface area contributed by atoms with E-state index in [1.165, 1.54) is 35.8 Å². The fraction of sp³-hybridized carbons (Fsp3) is 0.111. The zero-order chi connectivity index (χ0) is 18.0. The molecule has 3 aromatic rings. The molecule has 7 heteroatoms. The number of aromatic nitrogens is 1. The molecule has 0 unspecified atom stereocenters. The van der Waals surface area contributed by atoms with Crippen molar-refractivity contribution in [2.45, 2.75) is 11.8 Å². The Morgan fingerprint density at radius 3 is 2.44 bits per heavy atom. The van der Waals surface area contributed by atoms with E-state index in [0.29, 0.717) is 11.1 Å². The van der Waals surface area contributed by atoms with Gasteiger partial charge in [-0.25, -0.2) is 4.79 Å². The first-order valence-electron chi connectivity index (χ1n) is 7.49. The molecule has 0 saturated carbocycles. The standard InChI is InChI=1S/C18H16N2O4S/c1-13-6-8-14(9-7-13)25(22,23)19-17-11-10-15(18(21)24-2)16-5-3-4-12-20(16)17/h3-12H,1-2H3/b19-17-. The Hall–Kier alpha value is -2.93. The van der Waals surface area contributed by atoms with Crippen LogP contribution in [0.25, 0.3) is 5.52 Å². The molecule has 1 aromatic carbocycles. The first-order chi connectivity index (χ1) is 11.9. The smallest absolute Gasteiger partial charge is 0.339 e. The Bertz CT molecular complexity index is 1110. The Balaban J connectivity index is 2.24. The second-order valence-electron chi connectivity index (χ2n) is 5.43. The third kappa shape index (κ3) is 3.32. The fourth-order valence-corrected chi connectivity index (χ4v) is 3.41. The number of esters is 1. The van der Waals surface area contributed by atoms with E-state index in [1.807, 2.05) is 6.92 Å². The van der Waals surface area contributed by atoms with Gasteiger partial charge in [0, 0.05) is 6.20 Å². The lowest BCUT2D eigenvalue weighted by atomic mass is 10.2. The summed E-state index contributed by atoms with van der Waals surface area (Å²) in [6, 6.07) is 14.6. The second-order valence-corrected chi connectivity index (χ2v) is 7.04. The van der Waals surface area contributed by atoms with Crippen molar-refractivity contribution in [1.29, 1.82) is 0 Å². The number of carbonyl (C=O) groups excluding carboxylic acids is 1. The van der Waals surface area contributed by atoms with Crippen LogP contribution in [0.4, 0.5) is 0 Å². The summed E-state index contributed by atoms with van der Waals surface area (Å²) >= 11 is 0. The van der Waals surface area contributed by atoms with Crippen LogP contribution in [0.15, 0.2) is 70.1 Å². The van der Waals surface area contributed by atoms with Gasteiger partial charge in [0.15, 0.2) is 5.49 Å². The lowest BCUT2D eigenvalue weighted by Crippen LogP contribution is -2.19. The number of ether oxygens (including phenoxy) is 1. The van der Waals surface area contributed by atoms with E-state index in [0.717, 1.165) is 5.56 Å². The van der Waals surface area contributed by atoms with Crippen molar-refractivity contribution in [1.82, 2.24) is 4.40 Å². The molecule has 128 valence electrons. The largest absolute Gasteiger partial charge is 0.465 e. The SMILES string of the molecule is COC(=O)c1cc/c(=N/S(=O)(=O)c2ccc(C)cc2)n2ccccc12. The van der Waals surface area contributed by atoms with Gasteiger partial charge in [0.1, 0.15) is 0 Å². The van der Waals surface area contributed by atoms with E-state index in [1.54, 1.807) is 36.5 Å². The lowest BCUT2D eigenvalue weighted by molar-refractivity contribution is 0.0602. The van der Waals surface area contributed by atoms with Gasteiger partial charge >= 0.3 is 5.97 Å². The van der Waals surface area contributed by atoms with Crippen molar-refractivity contribution in [3.8, 4) is 0 Å². The first kappa shape index (κ1) is 16.9. The molecule has 6 nitrogen and oxygen atoms in total. The fourth-order valence-electron chi connectivity index (χ4n) is 2.43. The molecule has 0 radical (unpaired) electrons. The van der Waals surface area contributed by atoms with Gasteiger partial charge in [-0.1, -0.05) is 23.8 Å². The molecule has 0 aliphatic carbocycles. The predicted molar refractivity (Wildman–Crippen MR) is 92.7 cm³/mol. The minimum atomic E-state index is -3.87. The number of sulfonamides is 1. The molecule has 0 aliphatic heterocycles. The molecule has 0 spiro atoms. The highest BCUT2D eigenvalue weighted by Crippen LogP contribution is 2.13. The minimum absolute atomic E-state index is 0.111. The number of rotatable bonds is 3. The van der Waals surface area contributed by atoms with Crippen LogP contribution in [0.3, 0.4) is 0 Å². The van der Waals surface area contributed by atoms with Crippen molar-refractivity contribution in [3.63, 3.8) is 0 Å². The molecule has 25 heavy (non-hydrogen) atoms. The molecular weight excluding hydrogens is 340 g/mol. The number of carbonyl (C=O) groups is 1. The topological polar surface area (TPSA) is 77.2 Å². The van der Waals surface area contributed by atoms with Crippen LogP contribution < -0.4 is 5.49 Å². The highest BCUT2D eigenvalue weighted by Gasteiger charge is 2.14. The number of methoxy groups -OCH3 is 1. The van der Waals surface area contributed by atoms with E-state index in [-0.39, 0.29) is 10.4 Å². The Labute approximate surface area is 145 Å². The lowest BCUT2D eigenvalue weighted by Gasteiger charge is -2.07. The molecule has 0 N–H and O–H groups in total. The highest BCUT2D eigenvalue weighted by molar-refractivity contribution is 7.90. The van der Waals surface area contributed by atoms with Crippen LogP contribution in [0.5, 0.6) is 0 Å². The summed E-state index contributed by atoms with van der Waals surface area (Å²) in [6.07, 6.45) is 1.64. The normalized spacial score (nSPS) is 12.3. The van der Waals surface area contributed by atoms with Crippen LogP contribution in [0, 0.1) is 6.92 Å². The quantitative estimate of drug-likeness (QED) is 0.675. The van der Waals surface area contributed by atoms with Crippen molar-refractivity contribution in [2.75, 3.05) is 7.11 Å². The van der Waals surface area contributed by atoms with Crippen molar-refractivity contribution in [2.24, 2.45) is 4.40 Å². The minimum Gasteiger partial charge on any atom is -0.465 e. The second kappa shape index (κ2) is 6.52. The summed E-state index contributed by atoms with van der Waals surface area (Å²) in [6.45, 7) is 1.88. The number of hydrogen-bond acceptors (Lipinski definition) is 4. The molecule has 0 amide bonds. The van der Waals surface area contributed by atoms with Crippen LogP contribution in [-0.2, 0) is 14.8 Å². The maximum absolute atomic E-state index is 12.6. The summed E-state index contributed by atoms with van der Waals surface area (Å²) in [5.74, 6) is -0.503. The molecule has 0 bridgehead atoms. The van der Waals surface area contributed by atoms with Gasteiger partial charge in [-0.15, -0.1) is 4.40 Å². The summed E-state index contributed by atoms with van der Waals surface area (Å²) in [7, 11) is -2.58. The number of fused-ring (bicyclic) bond motifs is 1. The Kier molecular flexibility index (Phi) is 4.41. The van der Waals surface area contributed by atoms with Gasteiger partial charge in [0.2, 0.25) is 0 Å². The van der Waals surface area contributed by atoms with E-state index in [2.05, 4.69) is 4.40 Å². The molecule has 0 atom stereocenters. The summed E-state index contributed by atoms with van der Waals surface area (Å²) in [5, 5.41) is 0. The molecule has 0 fully saturated rings. The zero-order valence-corrected chi connectivity index (χ0v) is 14.5. The summed E-state index contributed by atoms with van der Waals surface area (Å²) < 4.78 is 35.4. The number of hydrogen-bond donors (Lipinski definition) is 0. The molecule has 3 rings (SSSR count). The van der Waals surface area contributed by atoms with Gasteiger partial charge in [0.05, 0.1) is 23.1 Å². The van der Waals surface area contributed by atoms with Gasteiger partial charge in [-0.05, 0) is 43.3 Å². The van der Waals surface area contributed by atoms with Crippen molar-refractivity contribution < 1.29 is 17.9 Å². The average Bonchev–Trinajstić information content (AvgIpc) is 2.61. The first-order valence-corrected chi connectivity index (χ1v) is 8.93. The molecule has 2 heterocycles. The maximum Gasteiger partial charge on any atom is 0.339 e. The van der Waals surface area contributed by atoms with Crippen LogP contribution in [0.2, 0.25) is 0 Å². The third-order valence-corrected chi connectivity index (χ3v) is 5.01. The third-order valence-electron chi connectivity index (χ3n) is 3.72. The predicted octanol–water partition coefficient (Wildman–Crippen LogP) is 2.32. The van der Waals surface area contributed by atoms with Crippen LogP contribution in [-0.4, -0.2) is 25.9 Å². The zero-order valence-electron chi connectivity index (χ0n) is 13.7. The summed E-state index contributed by atoms with van der Waals surface area (Å²) in [4.78, 5) is 12.0. The Morgan fingerprint density at radius 2 is 1.76 bits per heavy atom. The number of pyridine rings is 2. The molecule has 2 aromatic heterocycles. The Morgan fingerprint density at radius 1 is 1.04 bits per heavy atom. The van der Waals surface area contributed by atoms with Gasteiger partial charge in [-0.2, -0.15) is 8.42 Å². The van der Waals surface area contributed by atoms with E-state index < -0.39 is 16.0 Å². The number of aryl methyl sites for hydroxylation is 1. The molecule has 0 saturated heterocycles. The molecule has 0 aliphatic rings. The molecular formula is C18H16N2O4S. The van der Waals surface area contributed by atoms with Crippen molar-refractivity contribution >= 4 is 21.5 Å². The highest BCUT2D eigenvalue weighted by atomic mass is 32.2. The van der Waals surface area contributed by atoms with Gasteiger partial charge in [0.25, 0.3) is 10.0 Å². The van der Waals surface area contributed by atoms with Crippen LogP contribution in [0.1, 0.15) is 15.9 Å². The van der Waals surface area contributed by atoms with Crippen LogP contribution >= 0.6 is 0 Å². The van der Waals surface area contributed by atoms with Gasteiger partial charge < -0.3 is 9.14 Å². The van der Waals surface area contributed by atoms with E-state index >= 15 is 0 Å². The summed E-state index contributed by atoms with van der Waals surface area (Å²) in [5.41, 5.74) is 1.99. The number of nitrogens with zero attached hydrogens (tertiary/aromatic N) is 2. The maximum atomic E-state index is 12.6. The monoisotopic (exact) mass is 356 g/mol. The number of benzene rings is 1. The van der Waals surface area contributed by atoms with E-state index in [9.17, 15) is 13.2 Å². The van der Waals surface area contributed by atoms with Crippen molar-refractivity contribution in [3.05, 3.63) is 77.4 Å². The average molecular weight is 356 g/mol.